The van der Waals surface area contributed by atoms with Crippen molar-refractivity contribution < 1.29 is 23.0 Å². The molecule has 118 valence electrons. The molecule has 1 atom stereocenters. The number of likely N-dealkylation sites (tertiary alicyclic amines) is 1. The van der Waals surface area contributed by atoms with Crippen molar-refractivity contribution in [2.24, 2.45) is 0 Å². The Hall–Kier alpha value is -1.11. The lowest BCUT2D eigenvalue weighted by Gasteiger charge is -2.32. The first-order valence-corrected chi connectivity index (χ1v) is 7.00. The zero-order valence-corrected chi connectivity index (χ0v) is 11.9. The van der Waals surface area contributed by atoms with Crippen LogP contribution >= 0.6 is 0 Å². The van der Waals surface area contributed by atoms with E-state index >= 15 is 0 Å². The number of rotatable bonds is 4. The van der Waals surface area contributed by atoms with Crippen LogP contribution in [0.15, 0.2) is 24.3 Å². The molecule has 1 aromatic rings. The molecule has 1 aliphatic heterocycles. The lowest BCUT2D eigenvalue weighted by molar-refractivity contribution is -0.137. The Kier molecular flexibility index (Phi) is 5.24. The molecular weight excluding hydrogens is 283 g/mol. The van der Waals surface area contributed by atoms with E-state index in [1.165, 1.54) is 12.1 Å². The molecule has 1 aliphatic rings. The number of hydrogen-bond donors (Lipinski definition) is 1. The van der Waals surface area contributed by atoms with E-state index in [2.05, 4.69) is 4.90 Å². The van der Waals surface area contributed by atoms with Crippen molar-refractivity contribution >= 4 is 0 Å². The minimum atomic E-state index is -4.38. The summed E-state index contributed by atoms with van der Waals surface area (Å²) < 4.78 is 43.3. The molecule has 1 saturated heterocycles. The first-order valence-electron chi connectivity index (χ1n) is 7.00. The fraction of sp³-hybridized carbons (Fsp3) is 0.600. The van der Waals surface area contributed by atoms with Gasteiger partial charge in [0, 0.05) is 26.7 Å². The number of aliphatic hydroxyl groups is 1. The van der Waals surface area contributed by atoms with Gasteiger partial charge in [0.2, 0.25) is 0 Å². The SMILES string of the molecule is COC1CCN(CC(O)c2cccc(C(F)(F)F)c2)CC1. The van der Waals surface area contributed by atoms with Crippen molar-refractivity contribution in [1.82, 2.24) is 4.90 Å². The van der Waals surface area contributed by atoms with Crippen LogP contribution in [-0.4, -0.2) is 42.9 Å². The van der Waals surface area contributed by atoms with Gasteiger partial charge in [-0.1, -0.05) is 12.1 Å². The highest BCUT2D eigenvalue weighted by molar-refractivity contribution is 5.27. The van der Waals surface area contributed by atoms with Crippen molar-refractivity contribution in [2.75, 3.05) is 26.7 Å². The zero-order valence-electron chi connectivity index (χ0n) is 11.9. The molecule has 0 radical (unpaired) electrons. The number of benzene rings is 1. The van der Waals surface area contributed by atoms with Gasteiger partial charge in [0.1, 0.15) is 0 Å². The third-order valence-electron chi connectivity index (χ3n) is 3.90. The monoisotopic (exact) mass is 303 g/mol. The highest BCUT2D eigenvalue weighted by atomic mass is 19.4. The second kappa shape index (κ2) is 6.77. The summed E-state index contributed by atoms with van der Waals surface area (Å²) in [5.74, 6) is 0. The van der Waals surface area contributed by atoms with Crippen molar-refractivity contribution in [3.05, 3.63) is 35.4 Å². The Labute approximate surface area is 122 Å². The van der Waals surface area contributed by atoms with E-state index in [1.807, 2.05) is 0 Å². The number of alkyl halides is 3. The van der Waals surface area contributed by atoms with Gasteiger partial charge >= 0.3 is 6.18 Å². The molecule has 1 N–H and O–H groups in total. The Morgan fingerprint density at radius 3 is 2.57 bits per heavy atom. The second-order valence-electron chi connectivity index (χ2n) is 5.37. The lowest BCUT2D eigenvalue weighted by atomic mass is 10.0. The molecule has 0 bridgehead atoms. The standard InChI is InChI=1S/C15H20F3NO2/c1-21-13-5-7-19(8-6-13)10-14(20)11-3-2-4-12(9-11)15(16,17)18/h2-4,9,13-14,20H,5-8,10H2,1H3. The summed E-state index contributed by atoms with van der Waals surface area (Å²) in [5.41, 5.74) is -0.421. The molecule has 1 aromatic carbocycles. The van der Waals surface area contributed by atoms with E-state index in [0.717, 1.165) is 38.1 Å². The van der Waals surface area contributed by atoms with Crippen LogP contribution in [0.3, 0.4) is 0 Å². The first-order chi connectivity index (χ1) is 9.90. The molecule has 6 heteroatoms. The molecule has 1 fully saturated rings. The molecule has 1 heterocycles. The molecule has 2 rings (SSSR count). The van der Waals surface area contributed by atoms with E-state index in [9.17, 15) is 18.3 Å². The number of methoxy groups -OCH3 is 1. The molecule has 3 nitrogen and oxygen atoms in total. The van der Waals surface area contributed by atoms with Gasteiger partial charge in [0.15, 0.2) is 0 Å². The Bertz CT molecular complexity index is 456. The summed E-state index contributed by atoms with van der Waals surface area (Å²) in [4.78, 5) is 2.06. The molecule has 0 saturated carbocycles. The van der Waals surface area contributed by atoms with E-state index in [4.69, 9.17) is 4.74 Å². The average molecular weight is 303 g/mol. The van der Waals surface area contributed by atoms with Gasteiger partial charge in [-0.25, -0.2) is 0 Å². The second-order valence-corrected chi connectivity index (χ2v) is 5.37. The molecule has 21 heavy (non-hydrogen) atoms. The quantitative estimate of drug-likeness (QED) is 0.928. The maximum absolute atomic E-state index is 12.7. The van der Waals surface area contributed by atoms with E-state index in [1.54, 1.807) is 7.11 Å². The smallest absolute Gasteiger partial charge is 0.387 e. The number of β-amino-alcohol motifs (C(OH)–C–C–N with tert-alkyl or cyclic N) is 1. The predicted molar refractivity (Wildman–Crippen MR) is 72.9 cm³/mol. The number of nitrogens with zero attached hydrogens (tertiary/aromatic N) is 1. The number of piperidine rings is 1. The van der Waals surface area contributed by atoms with E-state index in [0.29, 0.717) is 12.1 Å². The number of aliphatic hydroxyl groups excluding tert-OH is 1. The third kappa shape index (κ3) is 4.43. The van der Waals surface area contributed by atoms with Crippen molar-refractivity contribution in [3.8, 4) is 0 Å². The summed E-state index contributed by atoms with van der Waals surface area (Å²) in [5, 5.41) is 10.1. The van der Waals surface area contributed by atoms with Crippen LogP contribution in [0.4, 0.5) is 13.2 Å². The summed E-state index contributed by atoms with van der Waals surface area (Å²) in [7, 11) is 1.68. The largest absolute Gasteiger partial charge is 0.416 e. The summed E-state index contributed by atoms with van der Waals surface area (Å²) >= 11 is 0. The third-order valence-corrected chi connectivity index (χ3v) is 3.90. The zero-order chi connectivity index (χ0) is 15.5. The highest BCUT2D eigenvalue weighted by Crippen LogP contribution is 2.31. The Morgan fingerprint density at radius 1 is 1.33 bits per heavy atom. The summed E-state index contributed by atoms with van der Waals surface area (Å²) in [6, 6.07) is 4.90. The number of halogens is 3. The molecule has 1 unspecified atom stereocenters. The molecule has 0 aliphatic carbocycles. The number of hydrogen-bond acceptors (Lipinski definition) is 3. The van der Waals surface area contributed by atoms with E-state index < -0.39 is 17.8 Å². The fourth-order valence-corrected chi connectivity index (χ4v) is 2.60. The van der Waals surface area contributed by atoms with Gasteiger partial charge in [-0.15, -0.1) is 0 Å². The van der Waals surface area contributed by atoms with Crippen LogP contribution in [0.1, 0.15) is 30.1 Å². The first kappa shape index (κ1) is 16.3. The van der Waals surface area contributed by atoms with Gasteiger partial charge in [-0.05, 0) is 30.5 Å². The van der Waals surface area contributed by atoms with Crippen LogP contribution < -0.4 is 0 Å². The Balaban J connectivity index is 1.96. The lowest BCUT2D eigenvalue weighted by Crippen LogP contribution is -2.38. The fourth-order valence-electron chi connectivity index (χ4n) is 2.60. The van der Waals surface area contributed by atoms with Crippen LogP contribution in [0.25, 0.3) is 0 Å². The molecule has 0 spiro atoms. The normalized spacial score (nSPS) is 19.7. The van der Waals surface area contributed by atoms with Crippen LogP contribution in [0.5, 0.6) is 0 Å². The van der Waals surface area contributed by atoms with E-state index in [-0.39, 0.29) is 6.10 Å². The van der Waals surface area contributed by atoms with Crippen molar-refractivity contribution in [1.29, 1.82) is 0 Å². The van der Waals surface area contributed by atoms with Crippen LogP contribution in [0.2, 0.25) is 0 Å². The molecule has 0 amide bonds. The maximum Gasteiger partial charge on any atom is 0.416 e. The molecular formula is C15H20F3NO2. The minimum Gasteiger partial charge on any atom is -0.387 e. The van der Waals surface area contributed by atoms with Crippen LogP contribution in [-0.2, 0) is 10.9 Å². The number of ether oxygens (including phenoxy) is 1. The minimum absolute atomic E-state index is 0.243. The maximum atomic E-state index is 12.7. The van der Waals surface area contributed by atoms with Gasteiger partial charge < -0.3 is 14.7 Å². The summed E-state index contributed by atoms with van der Waals surface area (Å²) in [6.45, 7) is 1.92. The topological polar surface area (TPSA) is 32.7 Å². The predicted octanol–water partition coefficient (Wildman–Crippen LogP) is 2.85. The summed E-state index contributed by atoms with van der Waals surface area (Å²) in [6.07, 6.45) is -3.29. The van der Waals surface area contributed by atoms with Crippen LogP contribution in [0, 0.1) is 0 Å². The highest BCUT2D eigenvalue weighted by Gasteiger charge is 2.31. The van der Waals surface area contributed by atoms with Gasteiger partial charge in [-0.2, -0.15) is 13.2 Å². The van der Waals surface area contributed by atoms with Gasteiger partial charge in [0.25, 0.3) is 0 Å². The average Bonchev–Trinajstić information content (AvgIpc) is 2.47. The van der Waals surface area contributed by atoms with Crippen molar-refractivity contribution in [3.63, 3.8) is 0 Å². The Morgan fingerprint density at radius 2 is 2.00 bits per heavy atom. The molecule has 0 aromatic heterocycles. The van der Waals surface area contributed by atoms with Gasteiger partial charge in [-0.3, -0.25) is 0 Å². The van der Waals surface area contributed by atoms with Crippen molar-refractivity contribution in [2.45, 2.75) is 31.2 Å². The van der Waals surface area contributed by atoms with Gasteiger partial charge in [0.05, 0.1) is 17.8 Å².